The van der Waals surface area contributed by atoms with E-state index in [1.807, 2.05) is 6.92 Å². The van der Waals surface area contributed by atoms with E-state index in [2.05, 4.69) is 4.90 Å². The van der Waals surface area contributed by atoms with Crippen LogP contribution in [0.3, 0.4) is 0 Å². The van der Waals surface area contributed by atoms with Gasteiger partial charge in [-0.15, -0.1) is 0 Å². The number of aliphatic hydroxyl groups excluding tert-OH is 1. The summed E-state index contributed by atoms with van der Waals surface area (Å²) >= 11 is 0. The predicted molar refractivity (Wildman–Crippen MR) is 70.2 cm³/mol. The number of sulfonamides is 1. The van der Waals surface area contributed by atoms with E-state index < -0.39 is 16.1 Å². The Morgan fingerprint density at radius 1 is 1.53 bits per heavy atom. The lowest BCUT2D eigenvalue weighted by molar-refractivity contribution is 0.0835. The second-order valence-electron chi connectivity index (χ2n) is 5.01. The highest BCUT2D eigenvalue weighted by Gasteiger charge is 2.35. The first-order valence-electron chi connectivity index (χ1n) is 6.37. The summed E-state index contributed by atoms with van der Waals surface area (Å²) in [6, 6.07) is 2.90. The van der Waals surface area contributed by atoms with Crippen LogP contribution >= 0.6 is 0 Å². The van der Waals surface area contributed by atoms with E-state index in [1.165, 1.54) is 16.6 Å². The minimum Gasteiger partial charge on any atom is -0.452 e. The van der Waals surface area contributed by atoms with Gasteiger partial charge in [0.15, 0.2) is 0 Å². The van der Waals surface area contributed by atoms with Crippen molar-refractivity contribution >= 4 is 10.0 Å². The molecule has 1 aliphatic rings. The fraction of sp³-hybridized carbons (Fsp3) is 0.667. The number of rotatable bonds is 4. The fourth-order valence-corrected chi connectivity index (χ4v) is 3.96. The molecule has 108 valence electrons. The van der Waals surface area contributed by atoms with Gasteiger partial charge in [-0.3, -0.25) is 4.90 Å². The minimum atomic E-state index is -3.54. The van der Waals surface area contributed by atoms with E-state index in [1.54, 1.807) is 13.0 Å². The zero-order valence-electron chi connectivity index (χ0n) is 11.2. The molecule has 2 rings (SSSR count). The summed E-state index contributed by atoms with van der Waals surface area (Å²) in [4.78, 5) is 2.07. The second-order valence-corrected chi connectivity index (χ2v) is 6.83. The van der Waals surface area contributed by atoms with E-state index in [0.717, 1.165) is 0 Å². The predicted octanol–water partition coefficient (Wildman–Crippen LogP) is 0.355. The largest absolute Gasteiger partial charge is 0.452 e. The van der Waals surface area contributed by atoms with Crippen LogP contribution in [-0.2, 0) is 10.0 Å². The monoisotopic (exact) mass is 288 g/mol. The number of β-amino-alcohol motifs (C(OH)–C–C–N with tert-alkyl or cyclic N) is 1. The Morgan fingerprint density at radius 2 is 2.26 bits per heavy atom. The molecule has 0 spiro atoms. The summed E-state index contributed by atoms with van der Waals surface area (Å²) in [6.45, 7) is 5.82. The summed E-state index contributed by atoms with van der Waals surface area (Å²) in [5, 5.41) is 9.37. The Kier molecular flexibility index (Phi) is 4.29. The Bertz CT molecular complexity index is 498. The van der Waals surface area contributed by atoms with Gasteiger partial charge in [-0.2, -0.15) is 4.31 Å². The number of hydrogen-bond donors (Lipinski definition) is 1. The standard InChI is InChI=1S/C12H20N2O4S/c1-10-8-13(9-11(2)15)5-6-14(10)19(16,17)12-4-3-7-18-12/h3-4,7,10-11,15H,5-6,8-9H2,1-2H3/t10-,11+/m1/s1. The third kappa shape index (κ3) is 3.17. The first-order chi connectivity index (χ1) is 8.91. The van der Waals surface area contributed by atoms with Crippen molar-refractivity contribution in [2.75, 3.05) is 26.2 Å². The van der Waals surface area contributed by atoms with Crippen LogP contribution in [-0.4, -0.2) is 61.1 Å². The van der Waals surface area contributed by atoms with Gasteiger partial charge in [0.05, 0.1) is 12.4 Å². The molecule has 1 saturated heterocycles. The normalized spacial score (nSPS) is 24.5. The van der Waals surface area contributed by atoms with Crippen molar-refractivity contribution in [2.45, 2.75) is 31.1 Å². The topological polar surface area (TPSA) is 74.0 Å². The molecule has 1 fully saturated rings. The average molecular weight is 288 g/mol. The van der Waals surface area contributed by atoms with Crippen LogP contribution < -0.4 is 0 Å². The summed E-state index contributed by atoms with van der Waals surface area (Å²) in [5.74, 6) is 0. The SMILES string of the molecule is C[C@H](O)CN1CCN(S(=O)(=O)c2ccco2)[C@H](C)C1. The Morgan fingerprint density at radius 3 is 2.79 bits per heavy atom. The number of nitrogens with zero attached hydrogens (tertiary/aromatic N) is 2. The maximum absolute atomic E-state index is 12.4. The van der Waals surface area contributed by atoms with Crippen LogP contribution in [0.1, 0.15) is 13.8 Å². The molecule has 0 aliphatic carbocycles. The molecule has 2 atom stereocenters. The molecule has 0 amide bonds. The van der Waals surface area contributed by atoms with Crippen LogP contribution in [0.4, 0.5) is 0 Å². The van der Waals surface area contributed by atoms with Gasteiger partial charge >= 0.3 is 0 Å². The van der Waals surface area contributed by atoms with Crippen molar-refractivity contribution in [1.29, 1.82) is 0 Å². The molecule has 1 N–H and O–H groups in total. The zero-order valence-corrected chi connectivity index (χ0v) is 12.0. The van der Waals surface area contributed by atoms with Crippen molar-refractivity contribution in [3.05, 3.63) is 18.4 Å². The maximum atomic E-state index is 12.4. The van der Waals surface area contributed by atoms with E-state index in [-0.39, 0.29) is 11.1 Å². The summed E-state index contributed by atoms with van der Waals surface area (Å²) in [7, 11) is -3.54. The number of aliphatic hydroxyl groups is 1. The lowest BCUT2D eigenvalue weighted by Crippen LogP contribution is -2.54. The van der Waals surface area contributed by atoms with Crippen molar-refractivity contribution in [2.24, 2.45) is 0 Å². The van der Waals surface area contributed by atoms with E-state index in [4.69, 9.17) is 4.42 Å². The lowest BCUT2D eigenvalue weighted by atomic mass is 10.2. The van der Waals surface area contributed by atoms with Crippen LogP contribution in [0.25, 0.3) is 0 Å². The van der Waals surface area contributed by atoms with Gasteiger partial charge in [-0.25, -0.2) is 8.42 Å². The smallest absolute Gasteiger partial charge is 0.276 e. The van der Waals surface area contributed by atoms with Crippen LogP contribution in [0.2, 0.25) is 0 Å². The first-order valence-corrected chi connectivity index (χ1v) is 7.81. The molecular weight excluding hydrogens is 268 g/mol. The van der Waals surface area contributed by atoms with Crippen LogP contribution in [0.5, 0.6) is 0 Å². The summed E-state index contributed by atoms with van der Waals surface area (Å²) < 4.78 is 31.2. The van der Waals surface area contributed by atoms with Gasteiger partial charge < -0.3 is 9.52 Å². The molecule has 1 aliphatic heterocycles. The number of furan rings is 1. The molecule has 0 bridgehead atoms. The second kappa shape index (κ2) is 5.62. The molecule has 1 aromatic rings. The highest BCUT2D eigenvalue weighted by molar-refractivity contribution is 7.89. The quantitative estimate of drug-likeness (QED) is 0.865. The zero-order chi connectivity index (χ0) is 14.0. The highest BCUT2D eigenvalue weighted by Crippen LogP contribution is 2.21. The summed E-state index contributed by atoms with van der Waals surface area (Å²) in [5.41, 5.74) is 0. The molecule has 0 radical (unpaired) electrons. The lowest BCUT2D eigenvalue weighted by Gasteiger charge is -2.38. The molecule has 2 heterocycles. The van der Waals surface area contributed by atoms with Gasteiger partial charge in [0.25, 0.3) is 10.0 Å². The van der Waals surface area contributed by atoms with Crippen molar-refractivity contribution in [1.82, 2.24) is 9.21 Å². The molecule has 0 unspecified atom stereocenters. The minimum absolute atomic E-state index is 0.0108. The molecule has 7 heteroatoms. The Balaban J connectivity index is 2.08. The van der Waals surface area contributed by atoms with Crippen LogP contribution in [0, 0.1) is 0 Å². The number of hydrogen-bond acceptors (Lipinski definition) is 5. The Labute approximate surface area is 113 Å². The van der Waals surface area contributed by atoms with Gasteiger partial charge in [0.2, 0.25) is 5.09 Å². The van der Waals surface area contributed by atoms with Gasteiger partial charge in [-0.05, 0) is 26.0 Å². The molecule has 6 nitrogen and oxygen atoms in total. The van der Waals surface area contributed by atoms with E-state index >= 15 is 0 Å². The van der Waals surface area contributed by atoms with E-state index in [9.17, 15) is 13.5 Å². The van der Waals surface area contributed by atoms with Gasteiger partial charge in [0.1, 0.15) is 0 Å². The average Bonchev–Trinajstić information content (AvgIpc) is 2.81. The highest BCUT2D eigenvalue weighted by atomic mass is 32.2. The van der Waals surface area contributed by atoms with Crippen LogP contribution in [0.15, 0.2) is 27.9 Å². The van der Waals surface area contributed by atoms with Crippen molar-refractivity contribution in [3.8, 4) is 0 Å². The van der Waals surface area contributed by atoms with Crippen molar-refractivity contribution < 1.29 is 17.9 Å². The third-order valence-corrected chi connectivity index (χ3v) is 5.13. The molecular formula is C12H20N2O4S. The maximum Gasteiger partial charge on any atom is 0.276 e. The molecule has 0 saturated carbocycles. The fourth-order valence-electron chi connectivity index (χ4n) is 2.44. The third-order valence-electron chi connectivity index (χ3n) is 3.23. The summed E-state index contributed by atoms with van der Waals surface area (Å²) in [6.07, 6.45) is 0.960. The first kappa shape index (κ1) is 14.5. The van der Waals surface area contributed by atoms with Crippen molar-refractivity contribution in [3.63, 3.8) is 0 Å². The number of piperazine rings is 1. The molecule has 1 aromatic heterocycles. The van der Waals surface area contributed by atoms with E-state index in [0.29, 0.717) is 26.2 Å². The van der Waals surface area contributed by atoms with Gasteiger partial charge in [0, 0.05) is 32.2 Å². The molecule has 0 aromatic carbocycles. The van der Waals surface area contributed by atoms with Gasteiger partial charge in [-0.1, -0.05) is 0 Å². The molecule has 19 heavy (non-hydrogen) atoms. The Hall–Kier alpha value is -0.890.